The van der Waals surface area contributed by atoms with Crippen LogP contribution in [0.2, 0.25) is 0 Å². The van der Waals surface area contributed by atoms with Crippen LogP contribution in [-0.4, -0.2) is 25.1 Å². The Morgan fingerprint density at radius 1 is 1.13 bits per heavy atom. The van der Waals surface area contributed by atoms with E-state index in [-0.39, 0.29) is 5.91 Å². The first-order valence-electron chi connectivity index (χ1n) is 6.91. The normalized spacial score (nSPS) is 11.4. The van der Waals surface area contributed by atoms with Crippen LogP contribution in [0.1, 0.15) is 17.3 Å². The zero-order valence-corrected chi connectivity index (χ0v) is 14.3. The molecule has 0 heterocycles. The molecule has 0 fully saturated rings. The molecule has 2 aromatic carbocycles. The Hall–Kier alpha value is -2.34. The van der Waals surface area contributed by atoms with Gasteiger partial charge in [0, 0.05) is 10.2 Å². The number of esters is 1. The van der Waals surface area contributed by atoms with E-state index in [1.54, 1.807) is 43.3 Å². The maximum Gasteiger partial charge on any atom is 0.337 e. The molecule has 1 atom stereocenters. The summed E-state index contributed by atoms with van der Waals surface area (Å²) in [5.74, 6) is -0.183. The summed E-state index contributed by atoms with van der Waals surface area (Å²) in [5, 5.41) is 2.71. The Kier molecular flexibility index (Phi) is 5.76. The number of ether oxygens (including phenoxy) is 2. The van der Waals surface area contributed by atoms with Gasteiger partial charge in [0.2, 0.25) is 0 Å². The molecule has 1 amide bonds. The topological polar surface area (TPSA) is 64.6 Å². The molecule has 0 aliphatic carbocycles. The number of anilines is 1. The second-order valence-electron chi connectivity index (χ2n) is 4.78. The molecule has 0 radical (unpaired) electrons. The van der Waals surface area contributed by atoms with E-state index in [4.69, 9.17) is 4.74 Å². The average Bonchev–Trinajstić information content (AvgIpc) is 2.54. The van der Waals surface area contributed by atoms with Crippen LogP contribution in [0.15, 0.2) is 53.0 Å². The SMILES string of the molecule is COC(=O)c1cccc(NC(=O)C(C)Oc2cccc(Br)c2)c1. The Morgan fingerprint density at radius 3 is 2.57 bits per heavy atom. The minimum atomic E-state index is -0.689. The fraction of sp³-hybridized carbons (Fsp3) is 0.176. The van der Waals surface area contributed by atoms with Crippen molar-refractivity contribution in [3.05, 3.63) is 58.6 Å². The number of hydrogen-bond donors (Lipinski definition) is 1. The third-order valence-corrected chi connectivity index (χ3v) is 3.52. The van der Waals surface area contributed by atoms with Crippen LogP contribution in [0.25, 0.3) is 0 Å². The summed E-state index contributed by atoms with van der Waals surface area (Å²) in [7, 11) is 1.31. The molecule has 5 nitrogen and oxygen atoms in total. The minimum absolute atomic E-state index is 0.313. The van der Waals surface area contributed by atoms with E-state index in [9.17, 15) is 9.59 Å². The van der Waals surface area contributed by atoms with Crippen LogP contribution in [-0.2, 0) is 9.53 Å². The largest absolute Gasteiger partial charge is 0.481 e. The lowest BCUT2D eigenvalue weighted by Crippen LogP contribution is -2.30. The zero-order chi connectivity index (χ0) is 16.8. The molecule has 0 aliphatic rings. The van der Waals surface area contributed by atoms with Crippen LogP contribution in [0, 0.1) is 0 Å². The van der Waals surface area contributed by atoms with Crippen LogP contribution >= 0.6 is 15.9 Å². The summed E-state index contributed by atoms with van der Waals surface area (Å²) >= 11 is 3.35. The summed E-state index contributed by atoms with van der Waals surface area (Å²) in [5.41, 5.74) is 0.869. The maximum atomic E-state index is 12.2. The van der Waals surface area contributed by atoms with Crippen LogP contribution in [0.5, 0.6) is 5.75 Å². The number of halogens is 1. The molecule has 0 bridgehead atoms. The van der Waals surface area contributed by atoms with Gasteiger partial charge in [0.1, 0.15) is 5.75 Å². The van der Waals surface area contributed by atoms with E-state index in [2.05, 4.69) is 26.0 Å². The van der Waals surface area contributed by atoms with E-state index < -0.39 is 12.1 Å². The fourth-order valence-corrected chi connectivity index (χ4v) is 2.26. The summed E-state index contributed by atoms with van der Waals surface area (Å²) < 4.78 is 11.1. The molecular formula is C17H16BrNO4. The average molecular weight is 378 g/mol. The van der Waals surface area contributed by atoms with E-state index in [1.165, 1.54) is 7.11 Å². The molecule has 2 aromatic rings. The molecule has 0 spiro atoms. The number of amides is 1. The highest BCUT2D eigenvalue weighted by atomic mass is 79.9. The number of benzene rings is 2. The second-order valence-corrected chi connectivity index (χ2v) is 5.69. The maximum absolute atomic E-state index is 12.2. The van der Waals surface area contributed by atoms with Gasteiger partial charge in [-0.2, -0.15) is 0 Å². The lowest BCUT2D eigenvalue weighted by atomic mass is 10.2. The van der Waals surface area contributed by atoms with Crippen molar-refractivity contribution in [3.63, 3.8) is 0 Å². The fourth-order valence-electron chi connectivity index (χ4n) is 1.88. The Labute approximate surface area is 142 Å². The van der Waals surface area contributed by atoms with E-state index in [0.29, 0.717) is 17.0 Å². The highest BCUT2D eigenvalue weighted by Gasteiger charge is 2.16. The van der Waals surface area contributed by atoms with Gasteiger partial charge in [-0.1, -0.05) is 28.1 Å². The number of rotatable bonds is 5. The van der Waals surface area contributed by atoms with Crippen molar-refractivity contribution in [2.75, 3.05) is 12.4 Å². The van der Waals surface area contributed by atoms with Crippen molar-refractivity contribution in [1.82, 2.24) is 0 Å². The summed E-state index contributed by atoms with van der Waals surface area (Å²) in [6.45, 7) is 1.65. The van der Waals surface area contributed by atoms with Crippen molar-refractivity contribution in [2.24, 2.45) is 0 Å². The number of hydrogen-bond acceptors (Lipinski definition) is 4. The predicted octanol–water partition coefficient (Wildman–Crippen LogP) is 3.64. The first-order valence-corrected chi connectivity index (χ1v) is 7.70. The van der Waals surface area contributed by atoms with Gasteiger partial charge in [-0.3, -0.25) is 4.79 Å². The van der Waals surface area contributed by atoms with Gasteiger partial charge >= 0.3 is 5.97 Å². The van der Waals surface area contributed by atoms with Gasteiger partial charge < -0.3 is 14.8 Å². The molecular weight excluding hydrogens is 362 g/mol. The molecule has 1 unspecified atom stereocenters. The van der Waals surface area contributed by atoms with Gasteiger partial charge in [-0.05, 0) is 43.3 Å². The standard InChI is InChI=1S/C17H16BrNO4/c1-11(23-15-8-4-6-13(18)10-15)16(20)19-14-7-3-5-12(9-14)17(21)22-2/h3-11H,1-2H3,(H,19,20). The quantitative estimate of drug-likeness (QED) is 0.807. The second kappa shape index (κ2) is 7.78. The molecule has 1 N–H and O–H groups in total. The smallest absolute Gasteiger partial charge is 0.337 e. The monoisotopic (exact) mass is 377 g/mol. The third-order valence-electron chi connectivity index (χ3n) is 3.03. The van der Waals surface area contributed by atoms with Crippen LogP contribution < -0.4 is 10.1 Å². The van der Waals surface area contributed by atoms with Crippen molar-refractivity contribution in [2.45, 2.75) is 13.0 Å². The zero-order valence-electron chi connectivity index (χ0n) is 12.7. The number of nitrogens with one attached hydrogen (secondary N) is 1. The van der Waals surface area contributed by atoms with Gasteiger partial charge in [0.05, 0.1) is 12.7 Å². The van der Waals surface area contributed by atoms with Crippen molar-refractivity contribution >= 4 is 33.5 Å². The van der Waals surface area contributed by atoms with Crippen molar-refractivity contribution in [3.8, 4) is 5.75 Å². The van der Waals surface area contributed by atoms with Crippen LogP contribution in [0.4, 0.5) is 5.69 Å². The molecule has 0 saturated heterocycles. The number of carbonyl (C=O) groups is 2. The highest BCUT2D eigenvalue weighted by molar-refractivity contribution is 9.10. The van der Waals surface area contributed by atoms with E-state index in [1.807, 2.05) is 12.1 Å². The van der Waals surface area contributed by atoms with Gasteiger partial charge in [-0.25, -0.2) is 4.79 Å². The first kappa shape index (κ1) is 17.0. The predicted molar refractivity (Wildman–Crippen MR) is 90.6 cm³/mol. The Morgan fingerprint density at radius 2 is 1.87 bits per heavy atom. The number of carbonyl (C=O) groups excluding carboxylic acids is 2. The molecule has 2 rings (SSSR count). The molecule has 0 aliphatic heterocycles. The van der Waals surface area contributed by atoms with Gasteiger partial charge in [-0.15, -0.1) is 0 Å². The van der Waals surface area contributed by atoms with Gasteiger partial charge in [0.15, 0.2) is 6.10 Å². The van der Waals surface area contributed by atoms with E-state index >= 15 is 0 Å². The summed E-state index contributed by atoms with van der Waals surface area (Å²) in [6.07, 6.45) is -0.689. The lowest BCUT2D eigenvalue weighted by Gasteiger charge is -2.15. The van der Waals surface area contributed by atoms with Crippen molar-refractivity contribution < 1.29 is 19.1 Å². The molecule has 23 heavy (non-hydrogen) atoms. The summed E-state index contributed by atoms with van der Waals surface area (Å²) in [6, 6.07) is 13.8. The molecule has 6 heteroatoms. The Balaban J connectivity index is 2.02. The van der Waals surface area contributed by atoms with E-state index in [0.717, 1.165) is 4.47 Å². The van der Waals surface area contributed by atoms with Crippen LogP contribution in [0.3, 0.4) is 0 Å². The number of methoxy groups -OCH3 is 1. The van der Waals surface area contributed by atoms with Crippen molar-refractivity contribution in [1.29, 1.82) is 0 Å². The Bertz CT molecular complexity index is 717. The first-order chi connectivity index (χ1) is 11.0. The third kappa shape index (κ3) is 4.82. The summed E-state index contributed by atoms with van der Waals surface area (Å²) in [4.78, 5) is 23.7. The molecule has 0 aromatic heterocycles. The van der Waals surface area contributed by atoms with Gasteiger partial charge in [0.25, 0.3) is 5.91 Å². The molecule has 120 valence electrons. The lowest BCUT2D eigenvalue weighted by molar-refractivity contribution is -0.122. The molecule has 0 saturated carbocycles. The minimum Gasteiger partial charge on any atom is -0.481 e. The highest BCUT2D eigenvalue weighted by Crippen LogP contribution is 2.19.